The van der Waals surface area contributed by atoms with Crippen molar-refractivity contribution in [3.63, 3.8) is 0 Å². The summed E-state index contributed by atoms with van der Waals surface area (Å²) in [6.45, 7) is 6.02. The maximum atomic E-state index is 5.75. The van der Waals surface area contributed by atoms with Gasteiger partial charge in [-0.25, -0.2) is 0 Å². The van der Waals surface area contributed by atoms with E-state index in [0.717, 1.165) is 24.4 Å². The summed E-state index contributed by atoms with van der Waals surface area (Å²) in [6, 6.07) is 8.24. The molecule has 0 saturated carbocycles. The molecule has 1 aliphatic rings. The molecule has 1 N–H and O–H groups in total. The average molecular weight is 231 g/mol. The van der Waals surface area contributed by atoms with Crippen LogP contribution in [0.1, 0.15) is 13.8 Å². The number of aromatic amines is 1. The molecule has 1 saturated heterocycles. The summed E-state index contributed by atoms with van der Waals surface area (Å²) in [4.78, 5) is 2.30. The Morgan fingerprint density at radius 1 is 1.24 bits per heavy atom. The fourth-order valence-corrected chi connectivity index (χ4v) is 2.54. The van der Waals surface area contributed by atoms with E-state index in [9.17, 15) is 0 Å². The summed E-state index contributed by atoms with van der Waals surface area (Å²) in [6.07, 6.45) is 0.517. The Balaban J connectivity index is 1.98. The Morgan fingerprint density at radius 2 is 1.94 bits per heavy atom. The first-order valence-corrected chi connectivity index (χ1v) is 6.07. The highest BCUT2D eigenvalue weighted by atomic mass is 16.5. The second-order valence-electron chi connectivity index (χ2n) is 4.76. The number of rotatable bonds is 1. The Bertz CT molecular complexity index is 512. The van der Waals surface area contributed by atoms with E-state index in [0.29, 0.717) is 0 Å². The van der Waals surface area contributed by atoms with E-state index in [4.69, 9.17) is 4.74 Å². The van der Waals surface area contributed by atoms with Crippen molar-refractivity contribution in [2.24, 2.45) is 0 Å². The lowest BCUT2D eigenvalue weighted by molar-refractivity contribution is -0.00537. The molecule has 4 nitrogen and oxygen atoms in total. The fourth-order valence-electron chi connectivity index (χ4n) is 2.54. The maximum absolute atomic E-state index is 5.75. The van der Waals surface area contributed by atoms with Gasteiger partial charge in [-0.3, -0.25) is 5.10 Å². The monoisotopic (exact) mass is 231 g/mol. The summed E-state index contributed by atoms with van der Waals surface area (Å²) >= 11 is 0. The maximum Gasteiger partial charge on any atom is 0.158 e. The quantitative estimate of drug-likeness (QED) is 0.817. The number of morpholine rings is 1. The van der Waals surface area contributed by atoms with Crippen LogP contribution in [0.5, 0.6) is 0 Å². The van der Waals surface area contributed by atoms with Gasteiger partial charge in [0, 0.05) is 18.5 Å². The summed E-state index contributed by atoms with van der Waals surface area (Å²) in [7, 11) is 0. The standard InChI is InChI=1S/C13H17N3O/c1-9-7-16(8-10(2)17-9)13-11-5-3-4-6-12(11)14-15-13/h3-6,9-10H,7-8H2,1-2H3,(H,14,15)/t9-,10-/m1/s1. The van der Waals surface area contributed by atoms with Gasteiger partial charge in [-0.15, -0.1) is 0 Å². The van der Waals surface area contributed by atoms with Gasteiger partial charge >= 0.3 is 0 Å². The summed E-state index contributed by atoms with van der Waals surface area (Å²) in [5.74, 6) is 1.04. The molecular weight excluding hydrogens is 214 g/mol. The van der Waals surface area contributed by atoms with Crippen molar-refractivity contribution in [2.75, 3.05) is 18.0 Å². The van der Waals surface area contributed by atoms with Gasteiger partial charge in [0.15, 0.2) is 5.82 Å². The van der Waals surface area contributed by atoms with Crippen molar-refractivity contribution < 1.29 is 4.74 Å². The Labute approximate surface area is 101 Å². The first-order chi connectivity index (χ1) is 8.24. The molecule has 1 aromatic heterocycles. The molecule has 0 unspecified atom stereocenters. The largest absolute Gasteiger partial charge is 0.372 e. The van der Waals surface area contributed by atoms with Crippen molar-refractivity contribution in [1.82, 2.24) is 10.2 Å². The zero-order valence-electron chi connectivity index (χ0n) is 10.2. The Kier molecular flexibility index (Phi) is 2.52. The molecule has 1 aromatic carbocycles. The molecule has 0 radical (unpaired) electrons. The third kappa shape index (κ3) is 1.89. The number of ether oxygens (including phenoxy) is 1. The minimum absolute atomic E-state index is 0.259. The van der Waals surface area contributed by atoms with Gasteiger partial charge in [-0.2, -0.15) is 5.10 Å². The molecule has 1 fully saturated rings. The van der Waals surface area contributed by atoms with Crippen molar-refractivity contribution in [3.05, 3.63) is 24.3 Å². The Hall–Kier alpha value is -1.55. The molecule has 2 heterocycles. The third-order valence-electron chi connectivity index (χ3n) is 3.17. The molecule has 1 aliphatic heterocycles. The summed E-state index contributed by atoms with van der Waals surface area (Å²) < 4.78 is 5.75. The highest BCUT2D eigenvalue weighted by Crippen LogP contribution is 2.26. The Morgan fingerprint density at radius 3 is 2.71 bits per heavy atom. The average Bonchev–Trinajstić information content (AvgIpc) is 2.71. The smallest absolute Gasteiger partial charge is 0.158 e. The number of hydrogen-bond acceptors (Lipinski definition) is 3. The van der Waals surface area contributed by atoms with Crippen LogP contribution in [0.4, 0.5) is 5.82 Å². The van der Waals surface area contributed by atoms with Gasteiger partial charge in [0.2, 0.25) is 0 Å². The number of anilines is 1. The van der Waals surface area contributed by atoms with Crippen LogP contribution in [0.3, 0.4) is 0 Å². The number of para-hydroxylation sites is 1. The fraction of sp³-hybridized carbons (Fsp3) is 0.462. The van der Waals surface area contributed by atoms with Gasteiger partial charge in [0.25, 0.3) is 0 Å². The van der Waals surface area contributed by atoms with Crippen LogP contribution in [-0.4, -0.2) is 35.5 Å². The molecule has 4 heteroatoms. The molecular formula is C13H17N3O. The van der Waals surface area contributed by atoms with Gasteiger partial charge < -0.3 is 9.64 Å². The predicted octanol–water partition coefficient (Wildman–Crippen LogP) is 2.18. The van der Waals surface area contributed by atoms with Crippen LogP contribution in [0.2, 0.25) is 0 Å². The third-order valence-corrected chi connectivity index (χ3v) is 3.17. The number of fused-ring (bicyclic) bond motifs is 1. The van der Waals surface area contributed by atoms with E-state index in [1.165, 1.54) is 5.39 Å². The molecule has 0 amide bonds. The molecule has 2 atom stereocenters. The highest BCUT2D eigenvalue weighted by Gasteiger charge is 2.24. The molecule has 0 bridgehead atoms. The predicted molar refractivity (Wildman–Crippen MR) is 68.3 cm³/mol. The number of nitrogens with zero attached hydrogens (tertiary/aromatic N) is 2. The van der Waals surface area contributed by atoms with Gasteiger partial charge in [-0.1, -0.05) is 12.1 Å². The van der Waals surface area contributed by atoms with Crippen molar-refractivity contribution in [2.45, 2.75) is 26.1 Å². The van der Waals surface area contributed by atoms with Crippen molar-refractivity contribution >= 4 is 16.7 Å². The molecule has 90 valence electrons. The van der Waals surface area contributed by atoms with Crippen molar-refractivity contribution in [1.29, 1.82) is 0 Å². The number of H-pyrrole nitrogens is 1. The molecule has 3 rings (SSSR count). The topological polar surface area (TPSA) is 41.2 Å². The number of hydrogen-bond donors (Lipinski definition) is 1. The van der Waals surface area contributed by atoms with Crippen LogP contribution in [-0.2, 0) is 4.74 Å². The number of nitrogens with one attached hydrogen (secondary N) is 1. The molecule has 0 spiro atoms. The van der Waals surface area contributed by atoms with Crippen molar-refractivity contribution in [3.8, 4) is 0 Å². The van der Waals surface area contributed by atoms with E-state index in [1.54, 1.807) is 0 Å². The van der Waals surface area contributed by atoms with Gasteiger partial charge in [-0.05, 0) is 26.0 Å². The van der Waals surface area contributed by atoms with E-state index < -0.39 is 0 Å². The zero-order valence-corrected chi connectivity index (χ0v) is 10.2. The van der Waals surface area contributed by atoms with E-state index in [-0.39, 0.29) is 12.2 Å². The second-order valence-corrected chi connectivity index (χ2v) is 4.76. The summed E-state index contributed by atoms with van der Waals surface area (Å²) in [5, 5.41) is 8.70. The molecule has 2 aromatic rings. The SMILES string of the molecule is C[C@@H]1CN(c2n[nH]c3ccccc23)C[C@@H](C)O1. The van der Waals surface area contributed by atoms with E-state index in [1.807, 2.05) is 6.07 Å². The number of aromatic nitrogens is 2. The normalized spacial score (nSPS) is 25.4. The lowest BCUT2D eigenvalue weighted by Gasteiger charge is -2.35. The lowest BCUT2D eigenvalue weighted by Crippen LogP contribution is -2.45. The van der Waals surface area contributed by atoms with Gasteiger partial charge in [0.05, 0.1) is 17.7 Å². The van der Waals surface area contributed by atoms with Crippen LogP contribution in [0, 0.1) is 0 Å². The number of benzene rings is 1. The first-order valence-electron chi connectivity index (χ1n) is 6.07. The zero-order chi connectivity index (χ0) is 11.8. The minimum Gasteiger partial charge on any atom is -0.372 e. The van der Waals surface area contributed by atoms with Crippen LogP contribution in [0.25, 0.3) is 10.9 Å². The van der Waals surface area contributed by atoms with E-state index >= 15 is 0 Å². The first kappa shape index (κ1) is 10.6. The van der Waals surface area contributed by atoms with Crippen LogP contribution < -0.4 is 4.90 Å². The van der Waals surface area contributed by atoms with Crippen LogP contribution >= 0.6 is 0 Å². The minimum atomic E-state index is 0.259. The molecule has 17 heavy (non-hydrogen) atoms. The molecule has 0 aliphatic carbocycles. The van der Waals surface area contributed by atoms with Gasteiger partial charge in [0.1, 0.15) is 0 Å². The lowest BCUT2D eigenvalue weighted by atomic mass is 10.2. The summed E-state index contributed by atoms with van der Waals surface area (Å²) in [5.41, 5.74) is 1.09. The highest BCUT2D eigenvalue weighted by molar-refractivity contribution is 5.90. The van der Waals surface area contributed by atoms with Crippen LogP contribution in [0.15, 0.2) is 24.3 Å². The van der Waals surface area contributed by atoms with E-state index in [2.05, 4.69) is 47.1 Å². The second kappa shape index (κ2) is 4.04.